The summed E-state index contributed by atoms with van der Waals surface area (Å²) in [6.07, 6.45) is -4.67. The quantitative estimate of drug-likeness (QED) is 0.451. The molecule has 0 unspecified atom stereocenters. The number of benzene rings is 1. The first-order chi connectivity index (χ1) is 14.4. The van der Waals surface area contributed by atoms with Gasteiger partial charge in [-0.3, -0.25) is 24.0 Å². The monoisotopic (exact) mass is 437 g/mol. The molecule has 0 aliphatic heterocycles. The van der Waals surface area contributed by atoms with E-state index in [2.05, 4.69) is 5.32 Å². The minimum Gasteiger partial charge on any atom is -0.462 e. The first kappa shape index (κ1) is 25.6. The van der Waals surface area contributed by atoms with Crippen LogP contribution < -0.4 is 5.32 Å². The van der Waals surface area contributed by atoms with Crippen LogP contribution in [0.15, 0.2) is 18.2 Å². The topological polar surface area (TPSA) is 134 Å². The Hall–Kier alpha value is -3.43. The van der Waals surface area contributed by atoms with Crippen LogP contribution in [0.4, 0.5) is 5.69 Å². The van der Waals surface area contributed by atoms with E-state index >= 15 is 0 Å². The lowest BCUT2D eigenvalue weighted by Gasteiger charge is -2.31. The molecule has 0 spiro atoms. The van der Waals surface area contributed by atoms with Crippen LogP contribution in [0.3, 0.4) is 0 Å². The van der Waals surface area contributed by atoms with E-state index in [4.69, 9.17) is 18.9 Å². The summed E-state index contributed by atoms with van der Waals surface area (Å²) < 4.78 is 20.3. The van der Waals surface area contributed by atoms with Gasteiger partial charge in [-0.25, -0.2) is 0 Å². The van der Waals surface area contributed by atoms with Gasteiger partial charge >= 0.3 is 23.9 Å². The van der Waals surface area contributed by atoms with E-state index in [0.717, 1.165) is 38.8 Å². The molecular weight excluding hydrogens is 410 g/mol. The number of ether oxygens (including phenoxy) is 4. The average molecular weight is 437 g/mol. The van der Waals surface area contributed by atoms with Gasteiger partial charge in [0.1, 0.15) is 6.61 Å². The van der Waals surface area contributed by atoms with E-state index < -0.39 is 54.7 Å². The highest BCUT2D eigenvalue weighted by atomic mass is 16.6. The predicted octanol–water partition coefficient (Wildman–Crippen LogP) is 1.60. The maximum Gasteiger partial charge on any atom is 0.303 e. The number of esters is 4. The first-order valence-electron chi connectivity index (χ1n) is 9.43. The highest BCUT2D eigenvalue weighted by Gasteiger charge is 2.42. The molecule has 1 aromatic rings. The SMILES string of the molecule is CC(=O)OC[C@@H](OC(C)=O)[C@H](OC(C)=O)[C@H](OC(C)=O)C(=O)Nc1ccc(C)cc1C. The summed E-state index contributed by atoms with van der Waals surface area (Å²) in [6, 6.07) is 5.27. The Kier molecular flexibility index (Phi) is 9.65. The second kappa shape index (κ2) is 11.7. The Morgan fingerprint density at radius 1 is 0.839 bits per heavy atom. The van der Waals surface area contributed by atoms with E-state index in [9.17, 15) is 24.0 Å². The highest BCUT2D eigenvalue weighted by molar-refractivity contribution is 5.96. The molecule has 0 aliphatic carbocycles. The van der Waals surface area contributed by atoms with Gasteiger partial charge in [-0.2, -0.15) is 0 Å². The predicted molar refractivity (Wildman–Crippen MR) is 108 cm³/mol. The molecule has 1 N–H and O–H groups in total. The summed E-state index contributed by atoms with van der Waals surface area (Å²) >= 11 is 0. The van der Waals surface area contributed by atoms with E-state index in [1.165, 1.54) is 0 Å². The van der Waals surface area contributed by atoms with Crippen LogP contribution in [0.5, 0.6) is 0 Å². The molecule has 3 atom stereocenters. The number of hydrogen-bond donors (Lipinski definition) is 1. The third-order valence-corrected chi connectivity index (χ3v) is 3.93. The lowest BCUT2D eigenvalue weighted by molar-refractivity contribution is -0.190. The average Bonchev–Trinajstić information content (AvgIpc) is 2.63. The fourth-order valence-corrected chi connectivity index (χ4v) is 2.74. The molecule has 0 saturated carbocycles. The Morgan fingerprint density at radius 2 is 1.42 bits per heavy atom. The molecule has 1 rings (SSSR count). The third-order valence-electron chi connectivity index (χ3n) is 3.93. The van der Waals surface area contributed by atoms with Crippen LogP contribution in [-0.2, 0) is 42.9 Å². The zero-order valence-corrected chi connectivity index (χ0v) is 18.3. The Labute approximate surface area is 180 Å². The van der Waals surface area contributed by atoms with Crippen molar-refractivity contribution in [2.45, 2.75) is 59.9 Å². The molecule has 0 heterocycles. The lowest BCUT2D eigenvalue weighted by Crippen LogP contribution is -2.52. The summed E-state index contributed by atoms with van der Waals surface area (Å²) in [5.74, 6) is -3.98. The van der Waals surface area contributed by atoms with Crippen molar-refractivity contribution >= 4 is 35.5 Å². The van der Waals surface area contributed by atoms with Crippen molar-refractivity contribution in [3.8, 4) is 0 Å². The molecule has 31 heavy (non-hydrogen) atoms. The fraction of sp³-hybridized carbons (Fsp3) is 0.476. The number of aryl methyl sites for hydroxylation is 2. The molecule has 0 aliphatic rings. The van der Waals surface area contributed by atoms with Crippen molar-refractivity contribution in [1.29, 1.82) is 0 Å². The summed E-state index contributed by atoms with van der Waals surface area (Å²) in [6.45, 7) is 7.47. The van der Waals surface area contributed by atoms with Gasteiger partial charge in [0.25, 0.3) is 5.91 Å². The lowest BCUT2D eigenvalue weighted by atomic mass is 10.1. The van der Waals surface area contributed by atoms with Gasteiger partial charge < -0.3 is 24.3 Å². The zero-order chi connectivity index (χ0) is 23.7. The standard InChI is InChI=1S/C21H27NO9/c1-11-7-8-17(12(2)9-11)22-21(27)20(31-16(6)26)19(30-15(5)25)18(29-14(4)24)10-28-13(3)23/h7-9,18-20H,10H2,1-6H3,(H,22,27)/t18-,19+,20+/m1/s1. The molecule has 0 bridgehead atoms. The molecule has 0 fully saturated rings. The van der Waals surface area contributed by atoms with Gasteiger partial charge in [0.05, 0.1) is 0 Å². The van der Waals surface area contributed by atoms with Gasteiger partial charge in [-0.15, -0.1) is 0 Å². The zero-order valence-electron chi connectivity index (χ0n) is 18.3. The summed E-state index contributed by atoms with van der Waals surface area (Å²) in [7, 11) is 0. The molecule has 0 aromatic heterocycles. The number of nitrogens with one attached hydrogen (secondary N) is 1. The molecule has 1 aromatic carbocycles. The Balaban J connectivity index is 3.32. The molecule has 10 nitrogen and oxygen atoms in total. The summed E-state index contributed by atoms with van der Waals surface area (Å²) in [4.78, 5) is 59.2. The van der Waals surface area contributed by atoms with E-state index in [1.807, 2.05) is 13.0 Å². The number of carbonyl (C=O) groups is 5. The summed E-state index contributed by atoms with van der Waals surface area (Å²) in [5.41, 5.74) is 2.16. The van der Waals surface area contributed by atoms with Crippen LogP contribution in [0.1, 0.15) is 38.8 Å². The van der Waals surface area contributed by atoms with Crippen molar-refractivity contribution in [1.82, 2.24) is 0 Å². The largest absolute Gasteiger partial charge is 0.462 e. The number of carbonyl (C=O) groups excluding carboxylic acids is 5. The number of rotatable bonds is 9. The van der Waals surface area contributed by atoms with E-state index in [1.54, 1.807) is 19.1 Å². The normalized spacial score (nSPS) is 13.2. The van der Waals surface area contributed by atoms with Crippen LogP contribution in [0.2, 0.25) is 0 Å². The van der Waals surface area contributed by atoms with Gasteiger partial charge in [-0.05, 0) is 25.5 Å². The van der Waals surface area contributed by atoms with Gasteiger partial charge in [0.15, 0.2) is 12.2 Å². The number of hydrogen-bond acceptors (Lipinski definition) is 9. The highest BCUT2D eigenvalue weighted by Crippen LogP contribution is 2.20. The second-order valence-electron chi connectivity index (χ2n) is 6.86. The van der Waals surface area contributed by atoms with Crippen molar-refractivity contribution in [2.24, 2.45) is 0 Å². The molecule has 10 heteroatoms. The Bertz CT molecular complexity index is 849. The van der Waals surface area contributed by atoms with Gasteiger partial charge in [0.2, 0.25) is 6.10 Å². The van der Waals surface area contributed by atoms with E-state index in [-0.39, 0.29) is 0 Å². The van der Waals surface area contributed by atoms with Crippen LogP contribution in [0, 0.1) is 13.8 Å². The second-order valence-corrected chi connectivity index (χ2v) is 6.86. The molecule has 0 saturated heterocycles. The minimum absolute atomic E-state index is 0.443. The van der Waals surface area contributed by atoms with Crippen molar-refractivity contribution in [3.05, 3.63) is 29.3 Å². The first-order valence-corrected chi connectivity index (χ1v) is 9.43. The van der Waals surface area contributed by atoms with Crippen LogP contribution in [0.25, 0.3) is 0 Å². The summed E-state index contributed by atoms with van der Waals surface area (Å²) in [5, 5.41) is 2.61. The van der Waals surface area contributed by atoms with Gasteiger partial charge in [-0.1, -0.05) is 17.7 Å². The molecule has 1 amide bonds. The van der Waals surface area contributed by atoms with Crippen molar-refractivity contribution in [3.63, 3.8) is 0 Å². The molecular formula is C21H27NO9. The van der Waals surface area contributed by atoms with Crippen LogP contribution >= 0.6 is 0 Å². The van der Waals surface area contributed by atoms with Crippen molar-refractivity contribution < 1.29 is 42.9 Å². The maximum atomic E-state index is 13.0. The smallest absolute Gasteiger partial charge is 0.303 e. The number of amides is 1. The van der Waals surface area contributed by atoms with E-state index in [0.29, 0.717) is 5.69 Å². The van der Waals surface area contributed by atoms with Crippen molar-refractivity contribution in [2.75, 3.05) is 11.9 Å². The van der Waals surface area contributed by atoms with Gasteiger partial charge in [0, 0.05) is 33.4 Å². The van der Waals surface area contributed by atoms with Crippen LogP contribution in [-0.4, -0.2) is 54.7 Å². The molecule has 0 radical (unpaired) electrons. The maximum absolute atomic E-state index is 13.0. The number of anilines is 1. The minimum atomic E-state index is -1.69. The third kappa shape index (κ3) is 8.85. The molecule has 170 valence electrons. The fourth-order valence-electron chi connectivity index (χ4n) is 2.74. The Morgan fingerprint density at radius 3 is 1.90 bits per heavy atom.